The molecular formula is C17H22ClNOS. The Morgan fingerprint density at radius 1 is 1.10 bits per heavy atom. The molecule has 2 nitrogen and oxygen atoms in total. The van der Waals surface area contributed by atoms with Crippen LogP contribution >= 0.6 is 22.9 Å². The maximum atomic E-state index is 5.87. The van der Waals surface area contributed by atoms with Crippen molar-refractivity contribution in [2.75, 3.05) is 6.54 Å². The number of benzene rings is 1. The summed E-state index contributed by atoms with van der Waals surface area (Å²) < 4.78 is 5.85. The Labute approximate surface area is 136 Å². The highest BCUT2D eigenvalue weighted by Gasteiger charge is 2.13. The van der Waals surface area contributed by atoms with Crippen LogP contribution in [0.1, 0.15) is 31.2 Å². The molecule has 0 atom stereocenters. The second kappa shape index (κ2) is 7.30. The van der Waals surface area contributed by atoms with Crippen LogP contribution in [0.4, 0.5) is 0 Å². The first-order valence-electron chi connectivity index (χ1n) is 7.15. The Hall–Kier alpha value is -1.03. The van der Waals surface area contributed by atoms with Crippen molar-refractivity contribution in [3.8, 4) is 5.06 Å². The number of nitrogens with one attached hydrogen (secondary N) is 1. The van der Waals surface area contributed by atoms with Crippen LogP contribution in [0.15, 0.2) is 36.4 Å². The molecule has 0 saturated heterocycles. The molecule has 0 fully saturated rings. The maximum absolute atomic E-state index is 5.87. The fourth-order valence-corrected chi connectivity index (χ4v) is 3.05. The standard InChI is InChI=1S/C17H22ClNOS/c1-17(2,3)20-16-9-8-15(21-16)10-11-19-12-13-4-6-14(18)7-5-13/h4-9,19H,10-12H2,1-3H3. The van der Waals surface area contributed by atoms with Crippen LogP contribution in [-0.2, 0) is 13.0 Å². The molecule has 2 aromatic rings. The van der Waals surface area contributed by atoms with E-state index >= 15 is 0 Å². The molecule has 0 unspecified atom stereocenters. The van der Waals surface area contributed by atoms with E-state index in [1.807, 2.05) is 12.1 Å². The van der Waals surface area contributed by atoms with E-state index in [4.69, 9.17) is 16.3 Å². The minimum Gasteiger partial charge on any atom is -0.479 e. The summed E-state index contributed by atoms with van der Waals surface area (Å²) in [5.41, 5.74) is 1.12. The molecule has 1 N–H and O–H groups in total. The van der Waals surface area contributed by atoms with Crippen LogP contribution in [0.2, 0.25) is 5.02 Å². The van der Waals surface area contributed by atoms with Crippen molar-refractivity contribution >= 4 is 22.9 Å². The van der Waals surface area contributed by atoms with Gasteiger partial charge in [0.15, 0.2) is 5.06 Å². The van der Waals surface area contributed by atoms with Crippen LogP contribution < -0.4 is 10.1 Å². The Morgan fingerprint density at radius 3 is 2.48 bits per heavy atom. The highest BCUT2D eigenvalue weighted by Crippen LogP contribution is 2.28. The van der Waals surface area contributed by atoms with Gasteiger partial charge in [-0.05, 0) is 57.0 Å². The zero-order chi connectivity index (χ0) is 15.3. The van der Waals surface area contributed by atoms with Gasteiger partial charge in [0.2, 0.25) is 0 Å². The number of hydrogen-bond acceptors (Lipinski definition) is 3. The van der Waals surface area contributed by atoms with Crippen LogP contribution in [0.25, 0.3) is 0 Å². The third-order valence-corrected chi connectivity index (χ3v) is 4.11. The van der Waals surface area contributed by atoms with E-state index in [9.17, 15) is 0 Å². The average molecular weight is 324 g/mol. The van der Waals surface area contributed by atoms with E-state index in [1.54, 1.807) is 11.3 Å². The monoisotopic (exact) mass is 323 g/mol. The molecule has 0 aliphatic carbocycles. The minimum absolute atomic E-state index is 0.130. The molecule has 114 valence electrons. The zero-order valence-corrected chi connectivity index (χ0v) is 14.4. The largest absolute Gasteiger partial charge is 0.479 e. The third kappa shape index (κ3) is 6.08. The number of halogens is 1. The van der Waals surface area contributed by atoms with Gasteiger partial charge in [-0.2, -0.15) is 0 Å². The second-order valence-corrected chi connectivity index (χ2v) is 7.56. The summed E-state index contributed by atoms with van der Waals surface area (Å²) in [4.78, 5) is 1.35. The highest BCUT2D eigenvalue weighted by atomic mass is 35.5. The fraction of sp³-hybridized carbons (Fsp3) is 0.412. The van der Waals surface area contributed by atoms with E-state index < -0.39 is 0 Å². The van der Waals surface area contributed by atoms with Gasteiger partial charge in [0.1, 0.15) is 5.60 Å². The molecule has 0 radical (unpaired) electrons. The summed E-state index contributed by atoms with van der Waals surface area (Å²) in [6, 6.07) is 12.2. The molecule has 0 saturated carbocycles. The van der Waals surface area contributed by atoms with Gasteiger partial charge in [-0.15, -0.1) is 11.3 Å². The smallest absolute Gasteiger partial charge is 0.174 e. The molecule has 21 heavy (non-hydrogen) atoms. The Morgan fingerprint density at radius 2 is 1.81 bits per heavy atom. The number of thiophene rings is 1. The van der Waals surface area contributed by atoms with Crippen molar-refractivity contribution in [2.24, 2.45) is 0 Å². The topological polar surface area (TPSA) is 21.3 Å². The summed E-state index contributed by atoms with van der Waals surface area (Å²) >= 11 is 7.60. The van der Waals surface area contributed by atoms with Crippen LogP contribution in [0.3, 0.4) is 0 Å². The first-order valence-corrected chi connectivity index (χ1v) is 8.35. The van der Waals surface area contributed by atoms with Crippen molar-refractivity contribution in [2.45, 2.75) is 39.3 Å². The summed E-state index contributed by atoms with van der Waals surface area (Å²) in [5.74, 6) is 0. The van der Waals surface area contributed by atoms with Gasteiger partial charge in [-0.25, -0.2) is 0 Å². The second-order valence-electron chi connectivity index (χ2n) is 5.99. The van der Waals surface area contributed by atoms with E-state index in [1.165, 1.54) is 10.4 Å². The van der Waals surface area contributed by atoms with Gasteiger partial charge in [0.05, 0.1) is 0 Å². The van der Waals surface area contributed by atoms with Crippen LogP contribution in [0.5, 0.6) is 5.06 Å². The predicted molar refractivity (Wildman–Crippen MR) is 91.6 cm³/mol. The van der Waals surface area contributed by atoms with Gasteiger partial charge >= 0.3 is 0 Å². The van der Waals surface area contributed by atoms with E-state index in [0.29, 0.717) is 0 Å². The fourth-order valence-electron chi connectivity index (χ4n) is 1.90. The summed E-state index contributed by atoms with van der Waals surface area (Å²) in [6.45, 7) is 8.03. The number of ether oxygens (including phenoxy) is 1. The van der Waals surface area contributed by atoms with Crippen molar-refractivity contribution in [1.82, 2.24) is 5.32 Å². The molecule has 0 amide bonds. The lowest BCUT2D eigenvalue weighted by Gasteiger charge is -2.19. The van der Waals surface area contributed by atoms with Crippen molar-refractivity contribution in [3.63, 3.8) is 0 Å². The first kappa shape index (κ1) is 16.3. The van der Waals surface area contributed by atoms with E-state index in [0.717, 1.165) is 29.6 Å². The lowest BCUT2D eigenvalue weighted by atomic mass is 10.2. The molecule has 0 spiro atoms. The molecule has 4 heteroatoms. The minimum atomic E-state index is -0.130. The molecular weight excluding hydrogens is 302 g/mol. The van der Waals surface area contributed by atoms with Gasteiger partial charge in [0, 0.05) is 23.0 Å². The molecule has 2 rings (SSSR count). The molecule has 1 heterocycles. The predicted octanol–water partition coefficient (Wildman–Crippen LogP) is 4.91. The summed E-state index contributed by atoms with van der Waals surface area (Å²) in [5, 5.41) is 5.23. The Balaban J connectivity index is 1.72. The molecule has 0 aliphatic rings. The van der Waals surface area contributed by atoms with Crippen molar-refractivity contribution < 1.29 is 4.74 Å². The van der Waals surface area contributed by atoms with Gasteiger partial charge in [-0.3, -0.25) is 0 Å². The van der Waals surface area contributed by atoms with Gasteiger partial charge < -0.3 is 10.1 Å². The van der Waals surface area contributed by atoms with Crippen molar-refractivity contribution in [1.29, 1.82) is 0 Å². The molecule has 0 bridgehead atoms. The Kier molecular flexibility index (Phi) is 5.68. The van der Waals surface area contributed by atoms with Gasteiger partial charge in [0.25, 0.3) is 0 Å². The quantitative estimate of drug-likeness (QED) is 0.762. The third-order valence-electron chi connectivity index (χ3n) is 2.83. The van der Waals surface area contributed by atoms with Crippen molar-refractivity contribution in [3.05, 3.63) is 51.9 Å². The highest BCUT2D eigenvalue weighted by molar-refractivity contribution is 7.13. The van der Waals surface area contributed by atoms with Gasteiger partial charge in [-0.1, -0.05) is 23.7 Å². The summed E-state index contributed by atoms with van der Waals surface area (Å²) in [7, 11) is 0. The van der Waals surface area contributed by atoms with E-state index in [-0.39, 0.29) is 5.60 Å². The summed E-state index contributed by atoms with van der Waals surface area (Å²) in [6.07, 6.45) is 1.02. The van der Waals surface area contributed by atoms with Crippen LogP contribution in [-0.4, -0.2) is 12.1 Å². The zero-order valence-electron chi connectivity index (χ0n) is 12.8. The Bertz CT molecular complexity index is 557. The maximum Gasteiger partial charge on any atom is 0.174 e. The lowest BCUT2D eigenvalue weighted by Crippen LogP contribution is -2.22. The lowest BCUT2D eigenvalue weighted by molar-refractivity contribution is 0.136. The first-order chi connectivity index (χ1) is 9.92. The number of rotatable bonds is 6. The molecule has 1 aromatic heterocycles. The van der Waals surface area contributed by atoms with Crippen LogP contribution in [0, 0.1) is 0 Å². The van der Waals surface area contributed by atoms with E-state index in [2.05, 4.69) is 50.4 Å². The number of hydrogen-bond donors (Lipinski definition) is 1. The molecule has 0 aliphatic heterocycles. The SMILES string of the molecule is CC(C)(C)Oc1ccc(CCNCc2ccc(Cl)cc2)s1. The average Bonchev–Trinajstić information content (AvgIpc) is 2.82. The molecule has 1 aromatic carbocycles. The normalized spacial score (nSPS) is 11.6.